The number of hydrogen-bond donors (Lipinski definition) is 1. The molecule has 1 aliphatic carbocycles. The van der Waals surface area contributed by atoms with Crippen molar-refractivity contribution in [1.82, 2.24) is 9.47 Å². The van der Waals surface area contributed by atoms with Gasteiger partial charge in [0.1, 0.15) is 5.69 Å². The number of anilines is 1. The number of pyridine rings is 1. The van der Waals surface area contributed by atoms with Crippen LogP contribution in [0.5, 0.6) is 0 Å². The quantitative estimate of drug-likeness (QED) is 0.857. The lowest BCUT2D eigenvalue weighted by molar-refractivity contribution is -0.0308. The zero-order valence-corrected chi connectivity index (χ0v) is 14.9. The molecule has 5 heteroatoms. The number of hydrogen-bond acceptors (Lipinski definition) is 2. The summed E-state index contributed by atoms with van der Waals surface area (Å²) >= 11 is 0. The first-order valence-electron chi connectivity index (χ1n) is 9.12. The van der Waals surface area contributed by atoms with Gasteiger partial charge in [-0.3, -0.25) is 4.79 Å². The first-order chi connectivity index (χ1) is 12.6. The summed E-state index contributed by atoms with van der Waals surface area (Å²) in [5.74, 6) is 0. The van der Waals surface area contributed by atoms with Crippen LogP contribution >= 0.6 is 0 Å². The fourth-order valence-corrected chi connectivity index (χ4v) is 4.23. The van der Waals surface area contributed by atoms with Gasteiger partial charge < -0.3 is 14.8 Å². The van der Waals surface area contributed by atoms with Crippen molar-refractivity contribution in [2.75, 3.05) is 11.9 Å². The zero-order valence-electron chi connectivity index (χ0n) is 14.9. The highest BCUT2D eigenvalue weighted by atomic mass is 16.2. The number of carbonyl (C=O) groups is 1. The minimum atomic E-state index is -0.206. The first kappa shape index (κ1) is 16.6. The number of urea groups is 1. The molecule has 134 valence electrons. The van der Waals surface area contributed by atoms with Crippen LogP contribution in [0, 0.1) is 5.41 Å². The lowest BCUT2D eigenvalue weighted by Crippen LogP contribution is -2.60. The second kappa shape index (κ2) is 6.48. The molecule has 0 saturated carbocycles. The molecule has 26 heavy (non-hydrogen) atoms. The van der Waals surface area contributed by atoms with Crippen molar-refractivity contribution in [2.24, 2.45) is 5.41 Å². The molecule has 5 nitrogen and oxygen atoms in total. The Balaban J connectivity index is 1.59. The minimum absolute atomic E-state index is 0.0378. The van der Waals surface area contributed by atoms with E-state index in [1.165, 1.54) is 0 Å². The lowest BCUT2D eigenvalue weighted by atomic mass is 9.67. The average Bonchev–Trinajstić information content (AvgIpc) is 3.14. The molecule has 2 aliphatic rings. The van der Waals surface area contributed by atoms with E-state index < -0.39 is 0 Å². The summed E-state index contributed by atoms with van der Waals surface area (Å²) in [7, 11) is 0. The highest BCUT2D eigenvalue weighted by Crippen LogP contribution is 2.56. The van der Waals surface area contributed by atoms with Crippen molar-refractivity contribution in [1.29, 1.82) is 0 Å². The number of nitrogens with one attached hydrogen (secondary N) is 1. The van der Waals surface area contributed by atoms with Crippen LogP contribution in [-0.4, -0.2) is 22.0 Å². The Labute approximate surface area is 152 Å². The predicted octanol–water partition coefficient (Wildman–Crippen LogP) is 3.79. The molecule has 1 fully saturated rings. The number of likely N-dealkylation sites (tertiary alicyclic amines) is 1. The van der Waals surface area contributed by atoms with E-state index in [4.69, 9.17) is 0 Å². The Bertz CT molecular complexity index is 893. The van der Waals surface area contributed by atoms with Crippen LogP contribution in [0.1, 0.15) is 31.4 Å². The molecule has 1 spiro atoms. The molecule has 4 rings (SSSR count). The average molecular weight is 349 g/mol. The van der Waals surface area contributed by atoms with Crippen molar-refractivity contribution < 1.29 is 4.79 Å². The van der Waals surface area contributed by atoms with Crippen LogP contribution in [-0.2, 0) is 6.54 Å². The normalized spacial score (nSPS) is 20.2. The molecule has 2 heterocycles. The van der Waals surface area contributed by atoms with E-state index >= 15 is 0 Å². The number of allylic oxidation sites excluding steroid dienone is 2. The topological polar surface area (TPSA) is 54.3 Å². The van der Waals surface area contributed by atoms with Crippen LogP contribution in [0.3, 0.4) is 0 Å². The summed E-state index contributed by atoms with van der Waals surface area (Å²) in [6.07, 6.45) is 8.13. The molecule has 1 aromatic heterocycles. The number of rotatable bonds is 3. The van der Waals surface area contributed by atoms with Crippen molar-refractivity contribution in [3.05, 3.63) is 76.7 Å². The van der Waals surface area contributed by atoms with Gasteiger partial charge in [0.15, 0.2) is 0 Å². The van der Waals surface area contributed by atoms with Gasteiger partial charge in [-0.05, 0) is 37.5 Å². The van der Waals surface area contributed by atoms with Gasteiger partial charge in [0, 0.05) is 24.7 Å². The van der Waals surface area contributed by atoms with Crippen molar-refractivity contribution >= 4 is 11.7 Å². The van der Waals surface area contributed by atoms with E-state index in [2.05, 4.69) is 29.6 Å². The molecule has 1 atom stereocenters. The Morgan fingerprint density at radius 1 is 1.15 bits per heavy atom. The monoisotopic (exact) mass is 349 g/mol. The molecule has 1 unspecified atom stereocenters. The van der Waals surface area contributed by atoms with Gasteiger partial charge in [-0.15, -0.1) is 0 Å². The molecule has 1 aromatic carbocycles. The van der Waals surface area contributed by atoms with Gasteiger partial charge in [0.25, 0.3) is 5.56 Å². The van der Waals surface area contributed by atoms with Gasteiger partial charge in [0.2, 0.25) is 0 Å². The van der Waals surface area contributed by atoms with Crippen molar-refractivity contribution in [3.63, 3.8) is 0 Å². The molecule has 1 N–H and O–H groups in total. The minimum Gasteiger partial charge on any atom is -0.316 e. The van der Waals surface area contributed by atoms with Gasteiger partial charge in [-0.1, -0.05) is 42.5 Å². The van der Waals surface area contributed by atoms with Gasteiger partial charge in [0.05, 0.1) is 6.04 Å². The van der Waals surface area contributed by atoms with E-state index in [1.807, 2.05) is 30.0 Å². The number of aryl methyl sites for hydroxylation is 1. The number of nitrogens with zero attached hydrogens (tertiary/aromatic N) is 2. The molecule has 0 radical (unpaired) electrons. The van der Waals surface area contributed by atoms with Crippen molar-refractivity contribution in [3.8, 4) is 0 Å². The summed E-state index contributed by atoms with van der Waals surface area (Å²) in [6, 6.07) is 13.5. The first-order valence-corrected chi connectivity index (χ1v) is 9.12. The van der Waals surface area contributed by atoms with E-state index in [-0.39, 0.29) is 23.0 Å². The van der Waals surface area contributed by atoms with Gasteiger partial charge in [-0.25, -0.2) is 4.79 Å². The fraction of sp³-hybridized carbons (Fsp3) is 0.333. The third kappa shape index (κ3) is 2.64. The predicted molar refractivity (Wildman–Crippen MR) is 102 cm³/mol. The summed E-state index contributed by atoms with van der Waals surface area (Å²) in [5, 5.41) is 2.83. The number of amides is 2. The SMILES string of the molecule is CCn1cccc(NC(=O)N2CC3(CC=CC3)C2c2ccccc2)c1=O. The maximum atomic E-state index is 12.9. The van der Waals surface area contributed by atoms with Crippen LogP contribution in [0.15, 0.2) is 65.6 Å². The summed E-state index contributed by atoms with van der Waals surface area (Å²) in [4.78, 5) is 27.2. The molecule has 1 saturated heterocycles. The molecular weight excluding hydrogens is 326 g/mol. The maximum absolute atomic E-state index is 12.9. The van der Waals surface area contributed by atoms with E-state index in [9.17, 15) is 9.59 Å². The lowest BCUT2D eigenvalue weighted by Gasteiger charge is -2.56. The van der Waals surface area contributed by atoms with Crippen molar-refractivity contribution in [2.45, 2.75) is 32.4 Å². The smallest absolute Gasteiger partial charge is 0.316 e. The van der Waals surface area contributed by atoms with Crippen LogP contribution < -0.4 is 10.9 Å². The summed E-state index contributed by atoms with van der Waals surface area (Å²) in [5.41, 5.74) is 1.41. The second-order valence-corrected chi connectivity index (χ2v) is 7.13. The van der Waals surface area contributed by atoms with E-state index in [0.29, 0.717) is 18.8 Å². The molecule has 1 aliphatic heterocycles. The highest BCUT2D eigenvalue weighted by Gasteiger charge is 2.54. The third-order valence-corrected chi connectivity index (χ3v) is 5.57. The van der Waals surface area contributed by atoms with Crippen LogP contribution in [0.4, 0.5) is 10.5 Å². The summed E-state index contributed by atoms with van der Waals surface area (Å²) in [6.45, 7) is 3.19. The number of benzene rings is 1. The molecular formula is C21H23N3O2. The van der Waals surface area contributed by atoms with Gasteiger partial charge >= 0.3 is 6.03 Å². The Morgan fingerprint density at radius 2 is 1.88 bits per heavy atom. The third-order valence-electron chi connectivity index (χ3n) is 5.57. The standard InChI is InChI=1S/C21H23N3O2/c1-2-23-14-8-11-17(19(23)25)22-20(26)24-15-21(12-6-7-13-21)18(24)16-9-4-3-5-10-16/h3-11,14,18H,2,12-13,15H2,1H3,(H,22,26). The Hall–Kier alpha value is -2.82. The largest absolute Gasteiger partial charge is 0.322 e. The Kier molecular flexibility index (Phi) is 4.15. The zero-order chi connectivity index (χ0) is 18.1. The number of aromatic nitrogens is 1. The van der Waals surface area contributed by atoms with Crippen LogP contribution in [0.2, 0.25) is 0 Å². The van der Waals surface area contributed by atoms with Gasteiger partial charge in [-0.2, -0.15) is 0 Å². The van der Waals surface area contributed by atoms with E-state index in [0.717, 1.165) is 18.4 Å². The molecule has 2 amide bonds. The number of carbonyl (C=O) groups excluding carboxylic acids is 1. The van der Waals surface area contributed by atoms with Crippen LogP contribution in [0.25, 0.3) is 0 Å². The molecule has 2 aromatic rings. The fourth-order valence-electron chi connectivity index (χ4n) is 4.23. The molecule has 0 bridgehead atoms. The summed E-state index contributed by atoms with van der Waals surface area (Å²) < 4.78 is 1.59. The second-order valence-electron chi connectivity index (χ2n) is 7.13. The van der Waals surface area contributed by atoms with E-state index in [1.54, 1.807) is 22.9 Å². The maximum Gasteiger partial charge on any atom is 0.322 e. The highest BCUT2D eigenvalue weighted by molar-refractivity contribution is 5.90. The Morgan fingerprint density at radius 3 is 2.58 bits per heavy atom.